The summed E-state index contributed by atoms with van der Waals surface area (Å²) in [6, 6.07) is 8.44. The Morgan fingerprint density at radius 1 is 1.09 bits per heavy atom. The van der Waals surface area contributed by atoms with Gasteiger partial charge < -0.3 is 19.7 Å². The van der Waals surface area contributed by atoms with Crippen LogP contribution in [0.15, 0.2) is 42.0 Å². The first-order valence-corrected chi connectivity index (χ1v) is 12.1. The zero-order valence-electron chi connectivity index (χ0n) is 20.0. The normalized spacial score (nSPS) is 42.6. The zero-order valence-corrected chi connectivity index (χ0v) is 20.0. The van der Waals surface area contributed by atoms with Crippen LogP contribution in [0.1, 0.15) is 63.7 Å². The summed E-state index contributed by atoms with van der Waals surface area (Å²) in [4.78, 5) is 39.3. The molecule has 7 heteroatoms. The molecule has 3 saturated carbocycles. The second kappa shape index (κ2) is 7.25. The van der Waals surface area contributed by atoms with Crippen LogP contribution in [0, 0.1) is 28.6 Å². The van der Waals surface area contributed by atoms with Crippen LogP contribution in [-0.4, -0.2) is 45.4 Å². The highest BCUT2D eigenvalue weighted by molar-refractivity contribution is 5.96. The van der Waals surface area contributed by atoms with Gasteiger partial charge in [-0.25, -0.2) is 9.59 Å². The van der Waals surface area contributed by atoms with E-state index >= 15 is 0 Å². The van der Waals surface area contributed by atoms with E-state index in [-0.39, 0.29) is 12.2 Å². The Labute approximate surface area is 199 Å². The molecule has 34 heavy (non-hydrogen) atoms. The van der Waals surface area contributed by atoms with Gasteiger partial charge in [0.1, 0.15) is 5.60 Å². The molecule has 7 nitrogen and oxygen atoms in total. The lowest BCUT2D eigenvalue weighted by Gasteiger charge is -2.67. The third-order valence-electron chi connectivity index (χ3n) is 9.37. The van der Waals surface area contributed by atoms with E-state index in [9.17, 15) is 24.6 Å². The van der Waals surface area contributed by atoms with Crippen molar-refractivity contribution in [2.24, 2.45) is 28.6 Å². The van der Waals surface area contributed by atoms with Crippen molar-refractivity contribution in [1.29, 1.82) is 0 Å². The first kappa shape index (κ1) is 23.2. The van der Waals surface area contributed by atoms with Crippen molar-refractivity contribution < 1.29 is 34.1 Å². The average molecular weight is 469 g/mol. The van der Waals surface area contributed by atoms with Gasteiger partial charge in [0, 0.05) is 29.4 Å². The van der Waals surface area contributed by atoms with Crippen LogP contribution in [0.5, 0.6) is 0 Å². The third-order valence-corrected chi connectivity index (χ3v) is 9.37. The van der Waals surface area contributed by atoms with Crippen LogP contribution in [-0.2, 0) is 19.1 Å². The minimum atomic E-state index is -1.78. The van der Waals surface area contributed by atoms with Gasteiger partial charge in [0.15, 0.2) is 11.9 Å². The fourth-order valence-corrected chi connectivity index (χ4v) is 7.62. The van der Waals surface area contributed by atoms with Crippen LogP contribution in [0.2, 0.25) is 0 Å². The first-order chi connectivity index (χ1) is 15.9. The molecular weight excluding hydrogens is 436 g/mol. The highest BCUT2D eigenvalue weighted by Gasteiger charge is 2.75. The van der Waals surface area contributed by atoms with Gasteiger partial charge in [-0.2, -0.15) is 0 Å². The molecule has 0 radical (unpaired) electrons. The second-order valence-corrected chi connectivity index (χ2v) is 11.4. The first-order valence-electron chi connectivity index (χ1n) is 12.1. The van der Waals surface area contributed by atoms with Gasteiger partial charge in [-0.15, -0.1) is 0 Å². The van der Waals surface area contributed by atoms with Gasteiger partial charge >= 0.3 is 11.9 Å². The molecular formula is C27H32O7. The van der Waals surface area contributed by atoms with Crippen molar-refractivity contribution in [3.8, 4) is 0 Å². The fourth-order valence-electron chi connectivity index (χ4n) is 7.62. The molecule has 0 spiro atoms. The summed E-state index contributed by atoms with van der Waals surface area (Å²) in [6.45, 7) is 7.54. The van der Waals surface area contributed by atoms with Crippen molar-refractivity contribution in [2.45, 2.75) is 70.9 Å². The van der Waals surface area contributed by atoms with E-state index in [1.54, 1.807) is 37.3 Å². The third kappa shape index (κ3) is 2.86. The van der Waals surface area contributed by atoms with Crippen molar-refractivity contribution in [3.05, 3.63) is 47.5 Å². The van der Waals surface area contributed by atoms with Gasteiger partial charge in [-0.3, -0.25) is 4.79 Å². The molecule has 3 aliphatic carbocycles. The van der Waals surface area contributed by atoms with Crippen molar-refractivity contribution in [3.63, 3.8) is 0 Å². The summed E-state index contributed by atoms with van der Waals surface area (Å²) in [5.74, 6) is -5.03. The summed E-state index contributed by atoms with van der Waals surface area (Å²) >= 11 is 0. The van der Waals surface area contributed by atoms with Gasteiger partial charge in [0.05, 0.1) is 5.56 Å². The van der Waals surface area contributed by atoms with Crippen LogP contribution in [0.25, 0.3) is 0 Å². The molecule has 1 aromatic carbocycles. The number of aliphatic hydroxyl groups is 2. The number of Topliss-reactive ketones (excluding diaryl/α,β-unsaturated/α-hetero) is 1. The average Bonchev–Trinajstić information content (AvgIpc) is 3.09. The molecule has 1 heterocycles. The topological polar surface area (TPSA) is 110 Å². The number of ketones is 1. The van der Waals surface area contributed by atoms with Crippen LogP contribution in [0.3, 0.4) is 0 Å². The summed E-state index contributed by atoms with van der Waals surface area (Å²) in [5, 5.41) is 23.8. The molecule has 1 aromatic rings. The second-order valence-electron chi connectivity index (χ2n) is 11.4. The van der Waals surface area contributed by atoms with Gasteiger partial charge in [-0.05, 0) is 42.2 Å². The number of rotatable bonds is 2. The summed E-state index contributed by atoms with van der Waals surface area (Å²) in [7, 11) is 0. The van der Waals surface area contributed by atoms with E-state index in [0.717, 1.165) is 6.42 Å². The fraction of sp³-hybridized carbons (Fsp3) is 0.593. The largest absolute Gasteiger partial charge is 0.448 e. The molecule has 7 atom stereocenters. The monoisotopic (exact) mass is 468 g/mol. The van der Waals surface area contributed by atoms with Crippen LogP contribution >= 0.6 is 0 Å². The summed E-state index contributed by atoms with van der Waals surface area (Å²) in [5.41, 5.74) is -2.58. The van der Waals surface area contributed by atoms with E-state index in [2.05, 4.69) is 0 Å². The van der Waals surface area contributed by atoms with E-state index < -0.39 is 58.0 Å². The molecule has 1 aliphatic heterocycles. The number of hydrogen-bond acceptors (Lipinski definition) is 7. The Morgan fingerprint density at radius 3 is 2.44 bits per heavy atom. The number of fused-ring (bicyclic) bond motifs is 4. The number of ether oxygens (including phenoxy) is 2. The minimum absolute atomic E-state index is 0.0273. The maximum Gasteiger partial charge on any atom is 0.338 e. The maximum atomic E-state index is 14.1. The molecule has 5 rings (SSSR count). The molecule has 3 fully saturated rings. The Bertz CT molecular complexity index is 1090. The van der Waals surface area contributed by atoms with Crippen molar-refractivity contribution >= 4 is 17.7 Å². The number of hydrogen-bond donors (Lipinski definition) is 2. The van der Waals surface area contributed by atoms with E-state index in [1.807, 2.05) is 20.8 Å². The summed E-state index contributed by atoms with van der Waals surface area (Å²) in [6.07, 6.45) is 2.00. The lowest BCUT2D eigenvalue weighted by Crippen LogP contribution is -2.76. The highest BCUT2D eigenvalue weighted by Crippen LogP contribution is 2.68. The van der Waals surface area contributed by atoms with Crippen LogP contribution < -0.4 is 0 Å². The number of carbonyl (C=O) groups excluding carboxylic acids is 3. The molecule has 182 valence electrons. The molecule has 0 amide bonds. The number of esters is 2. The molecule has 2 N–H and O–H groups in total. The molecule has 0 aromatic heterocycles. The Kier molecular flexibility index (Phi) is 4.95. The number of benzene rings is 1. The zero-order chi connectivity index (χ0) is 24.7. The minimum Gasteiger partial charge on any atom is -0.448 e. The Balaban J connectivity index is 1.64. The quantitative estimate of drug-likeness (QED) is 0.642. The molecule has 4 aliphatic rings. The van der Waals surface area contributed by atoms with E-state index in [1.165, 1.54) is 6.08 Å². The smallest absolute Gasteiger partial charge is 0.338 e. The highest BCUT2D eigenvalue weighted by atomic mass is 16.7. The van der Waals surface area contributed by atoms with Crippen molar-refractivity contribution in [2.75, 3.05) is 0 Å². The van der Waals surface area contributed by atoms with Gasteiger partial charge in [0.2, 0.25) is 5.79 Å². The van der Waals surface area contributed by atoms with Crippen molar-refractivity contribution in [1.82, 2.24) is 0 Å². The lowest BCUT2D eigenvalue weighted by molar-refractivity contribution is -0.288. The molecule has 0 bridgehead atoms. The van der Waals surface area contributed by atoms with E-state index in [4.69, 9.17) is 9.47 Å². The Morgan fingerprint density at radius 2 is 1.76 bits per heavy atom. The standard InChI is InChI=1S/C27H32O7/c1-15-17-13-19(28)34-26(17,31)14-18-20(15)21(29)22(33-23(30)16-9-6-5-7-10-16)27(32)24(2,3)11-8-12-25(18,27)4/h5-7,9-10,13,15,18,20,22,31-32H,8,11-12,14H2,1-4H3/t15-,18+,20-,22-,25+,26+,27+/m1/s1. The Hall–Kier alpha value is -2.51. The van der Waals surface area contributed by atoms with Gasteiger partial charge in [-0.1, -0.05) is 52.3 Å². The van der Waals surface area contributed by atoms with Gasteiger partial charge in [0.25, 0.3) is 0 Å². The lowest BCUT2D eigenvalue weighted by atomic mass is 9.39. The predicted molar refractivity (Wildman–Crippen MR) is 121 cm³/mol. The van der Waals surface area contributed by atoms with Crippen LogP contribution in [0.4, 0.5) is 0 Å². The maximum absolute atomic E-state index is 14.1. The summed E-state index contributed by atoms with van der Waals surface area (Å²) < 4.78 is 11.2. The molecule has 0 unspecified atom stereocenters. The number of carbonyl (C=O) groups is 3. The molecule has 0 saturated heterocycles. The predicted octanol–water partition coefficient (Wildman–Crippen LogP) is 3.19. The SMILES string of the molecule is C[C@@H]1C2=CC(=O)O[C@@]2(O)C[C@H]2[C@@H]1C(=O)[C@@H](OC(=O)c1ccccc1)[C@]1(O)C(C)(C)CCC[C@@]21C. The van der Waals surface area contributed by atoms with E-state index in [0.29, 0.717) is 24.0 Å².